The number of hydrogen-bond donors (Lipinski definition) is 3. The Balaban J connectivity index is 2.81. The zero-order valence-electron chi connectivity index (χ0n) is 7.04. The van der Waals surface area contributed by atoms with Crippen LogP contribution in [0.1, 0.15) is 13.3 Å². The molecule has 0 atom stereocenters. The summed E-state index contributed by atoms with van der Waals surface area (Å²) in [5.74, 6) is 0. The molecular formula is C9H13NS2. The third kappa shape index (κ3) is 2.35. The molecule has 0 bridgehead atoms. The van der Waals surface area contributed by atoms with E-state index in [-0.39, 0.29) is 0 Å². The molecule has 1 aromatic carbocycles. The predicted molar refractivity (Wildman–Crippen MR) is 59.7 cm³/mol. The fourth-order valence-electron chi connectivity index (χ4n) is 0.959. The van der Waals surface area contributed by atoms with Crippen molar-refractivity contribution in [1.82, 2.24) is 0 Å². The molecule has 0 saturated heterocycles. The molecule has 3 heteroatoms. The highest BCUT2D eigenvalue weighted by atomic mass is 32.1. The average Bonchev–Trinajstić information content (AvgIpc) is 2.04. The van der Waals surface area contributed by atoms with Crippen LogP contribution in [-0.4, -0.2) is 6.54 Å². The number of rotatable bonds is 3. The molecule has 0 heterocycles. The zero-order chi connectivity index (χ0) is 8.97. The van der Waals surface area contributed by atoms with Gasteiger partial charge in [-0.3, -0.25) is 0 Å². The van der Waals surface area contributed by atoms with Crippen LogP contribution in [0.4, 0.5) is 5.69 Å². The van der Waals surface area contributed by atoms with E-state index >= 15 is 0 Å². The number of benzene rings is 1. The van der Waals surface area contributed by atoms with Crippen molar-refractivity contribution in [2.45, 2.75) is 23.1 Å². The molecule has 1 rings (SSSR count). The van der Waals surface area contributed by atoms with Crippen LogP contribution < -0.4 is 5.32 Å². The normalized spacial score (nSPS) is 9.92. The summed E-state index contributed by atoms with van der Waals surface area (Å²) < 4.78 is 0. The summed E-state index contributed by atoms with van der Waals surface area (Å²) in [5.41, 5.74) is 1.03. The monoisotopic (exact) mass is 199 g/mol. The SMILES string of the molecule is CCCNc1c(S)cccc1S. The van der Waals surface area contributed by atoms with E-state index in [0.717, 1.165) is 28.4 Å². The third-order valence-electron chi connectivity index (χ3n) is 1.57. The highest BCUT2D eigenvalue weighted by Crippen LogP contribution is 2.26. The van der Waals surface area contributed by atoms with Crippen LogP contribution in [-0.2, 0) is 0 Å². The summed E-state index contributed by atoms with van der Waals surface area (Å²) in [7, 11) is 0. The van der Waals surface area contributed by atoms with E-state index in [1.165, 1.54) is 0 Å². The maximum absolute atomic E-state index is 4.33. The first-order valence-electron chi connectivity index (χ1n) is 4.00. The fraction of sp³-hybridized carbons (Fsp3) is 0.333. The molecular weight excluding hydrogens is 186 g/mol. The van der Waals surface area contributed by atoms with Gasteiger partial charge in [-0.15, -0.1) is 25.3 Å². The van der Waals surface area contributed by atoms with Crippen LogP contribution in [0.2, 0.25) is 0 Å². The van der Waals surface area contributed by atoms with Gasteiger partial charge in [0.2, 0.25) is 0 Å². The Bertz CT molecular complexity index is 240. The average molecular weight is 199 g/mol. The van der Waals surface area contributed by atoms with Gasteiger partial charge in [0.05, 0.1) is 5.69 Å². The van der Waals surface area contributed by atoms with E-state index in [2.05, 4.69) is 37.5 Å². The van der Waals surface area contributed by atoms with Gasteiger partial charge in [-0.25, -0.2) is 0 Å². The predicted octanol–water partition coefficient (Wildman–Crippen LogP) is 3.09. The van der Waals surface area contributed by atoms with Gasteiger partial charge < -0.3 is 5.32 Å². The van der Waals surface area contributed by atoms with Gasteiger partial charge in [0.1, 0.15) is 0 Å². The molecule has 0 aliphatic heterocycles. The summed E-state index contributed by atoms with van der Waals surface area (Å²) >= 11 is 8.66. The summed E-state index contributed by atoms with van der Waals surface area (Å²) in [5, 5.41) is 3.28. The second kappa shape index (κ2) is 4.67. The molecule has 0 aromatic heterocycles. The van der Waals surface area contributed by atoms with Crippen molar-refractivity contribution in [3.05, 3.63) is 18.2 Å². The molecule has 0 aliphatic carbocycles. The Morgan fingerprint density at radius 3 is 2.33 bits per heavy atom. The third-order valence-corrected chi connectivity index (χ3v) is 2.32. The fourth-order valence-corrected chi connectivity index (χ4v) is 1.62. The Morgan fingerprint density at radius 2 is 1.83 bits per heavy atom. The smallest absolute Gasteiger partial charge is 0.0611 e. The number of anilines is 1. The van der Waals surface area contributed by atoms with Crippen molar-refractivity contribution in [1.29, 1.82) is 0 Å². The van der Waals surface area contributed by atoms with Crippen LogP contribution >= 0.6 is 25.3 Å². The first kappa shape index (κ1) is 9.81. The standard InChI is InChI=1S/C9H13NS2/c1-2-6-10-9-7(11)4-3-5-8(9)12/h3-5,10-12H,2,6H2,1H3. The lowest BCUT2D eigenvalue weighted by Gasteiger charge is -2.09. The molecule has 1 N–H and O–H groups in total. The molecule has 1 aromatic rings. The first-order valence-corrected chi connectivity index (χ1v) is 4.90. The van der Waals surface area contributed by atoms with Gasteiger partial charge >= 0.3 is 0 Å². The number of thiol groups is 2. The molecule has 12 heavy (non-hydrogen) atoms. The first-order chi connectivity index (χ1) is 5.75. The van der Waals surface area contributed by atoms with Gasteiger partial charge in [-0.1, -0.05) is 13.0 Å². The lowest BCUT2D eigenvalue weighted by molar-refractivity contribution is 0.968. The van der Waals surface area contributed by atoms with E-state index in [0.29, 0.717) is 0 Å². The second-order valence-corrected chi connectivity index (χ2v) is 3.56. The molecule has 0 spiro atoms. The number of hydrogen-bond acceptors (Lipinski definition) is 3. The van der Waals surface area contributed by atoms with Gasteiger partial charge in [-0.2, -0.15) is 0 Å². The van der Waals surface area contributed by atoms with Gasteiger partial charge in [-0.05, 0) is 18.6 Å². The van der Waals surface area contributed by atoms with Crippen molar-refractivity contribution in [2.24, 2.45) is 0 Å². The number of nitrogens with one attached hydrogen (secondary N) is 1. The van der Waals surface area contributed by atoms with Gasteiger partial charge in [0, 0.05) is 16.3 Å². The number of para-hydroxylation sites is 1. The molecule has 0 saturated carbocycles. The van der Waals surface area contributed by atoms with E-state index in [1.807, 2.05) is 18.2 Å². The minimum Gasteiger partial charge on any atom is -0.383 e. The zero-order valence-corrected chi connectivity index (χ0v) is 8.83. The molecule has 1 nitrogen and oxygen atoms in total. The van der Waals surface area contributed by atoms with E-state index in [9.17, 15) is 0 Å². The summed E-state index contributed by atoms with van der Waals surface area (Å²) in [6.45, 7) is 3.09. The minimum absolute atomic E-state index is 0.955. The van der Waals surface area contributed by atoms with E-state index in [4.69, 9.17) is 0 Å². The Hall–Kier alpha value is -0.280. The van der Waals surface area contributed by atoms with E-state index < -0.39 is 0 Å². The van der Waals surface area contributed by atoms with Crippen LogP contribution in [0.15, 0.2) is 28.0 Å². The lowest BCUT2D eigenvalue weighted by atomic mass is 10.3. The van der Waals surface area contributed by atoms with Crippen molar-refractivity contribution >= 4 is 30.9 Å². The molecule has 0 radical (unpaired) electrons. The quantitative estimate of drug-likeness (QED) is 0.636. The lowest BCUT2D eigenvalue weighted by Crippen LogP contribution is -2.01. The summed E-state index contributed by atoms with van der Waals surface area (Å²) in [6.07, 6.45) is 1.11. The van der Waals surface area contributed by atoms with Crippen LogP contribution in [0.3, 0.4) is 0 Å². The summed E-state index contributed by atoms with van der Waals surface area (Å²) in [6, 6.07) is 5.86. The molecule has 0 fully saturated rings. The van der Waals surface area contributed by atoms with Crippen molar-refractivity contribution < 1.29 is 0 Å². The molecule has 0 amide bonds. The molecule has 0 unspecified atom stereocenters. The highest BCUT2D eigenvalue weighted by molar-refractivity contribution is 7.81. The van der Waals surface area contributed by atoms with Crippen LogP contribution in [0.25, 0.3) is 0 Å². The van der Waals surface area contributed by atoms with Crippen molar-refractivity contribution in [3.63, 3.8) is 0 Å². The maximum Gasteiger partial charge on any atom is 0.0611 e. The minimum atomic E-state index is 0.955. The Kier molecular flexibility index (Phi) is 3.82. The largest absolute Gasteiger partial charge is 0.383 e. The van der Waals surface area contributed by atoms with Gasteiger partial charge in [0.25, 0.3) is 0 Å². The van der Waals surface area contributed by atoms with Gasteiger partial charge in [0.15, 0.2) is 0 Å². The summed E-state index contributed by atoms with van der Waals surface area (Å²) in [4.78, 5) is 1.91. The molecule has 0 aliphatic rings. The van der Waals surface area contributed by atoms with Crippen LogP contribution in [0.5, 0.6) is 0 Å². The topological polar surface area (TPSA) is 12.0 Å². The van der Waals surface area contributed by atoms with Crippen LogP contribution in [0, 0.1) is 0 Å². The molecule has 66 valence electrons. The highest BCUT2D eigenvalue weighted by Gasteiger charge is 2.00. The second-order valence-electron chi connectivity index (χ2n) is 2.60. The Labute approximate surface area is 84.4 Å². The maximum atomic E-state index is 4.33. The van der Waals surface area contributed by atoms with Crippen molar-refractivity contribution in [2.75, 3.05) is 11.9 Å². The van der Waals surface area contributed by atoms with Crippen molar-refractivity contribution in [3.8, 4) is 0 Å². The Morgan fingerprint density at radius 1 is 1.25 bits per heavy atom. The van der Waals surface area contributed by atoms with E-state index in [1.54, 1.807) is 0 Å².